The molecule has 0 aliphatic carbocycles. The molecule has 1 aliphatic rings. The van der Waals surface area contributed by atoms with E-state index in [-0.39, 0.29) is 33.4 Å². The minimum atomic E-state index is -0.963. The zero-order chi connectivity index (χ0) is 25.5. The number of aromatic nitrogens is 1. The lowest BCUT2D eigenvalue weighted by Gasteiger charge is -2.25. The lowest BCUT2D eigenvalue weighted by Crippen LogP contribution is -2.31. The highest BCUT2D eigenvalue weighted by atomic mass is 32.1. The second-order valence-electron chi connectivity index (χ2n) is 9.15. The van der Waals surface area contributed by atoms with Gasteiger partial charge in [-0.05, 0) is 42.5 Å². The molecule has 4 rings (SSSR count). The zero-order valence-electron chi connectivity index (χ0n) is 20.1. The number of carbonyl (C=O) groups excluding carboxylic acids is 3. The molecular formula is C26H26N2O6S. The number of aliphatic hydroxyl groups is 1. The fourth-order valence-electron chi connectivity index (χ4n) is 3.93. The highest BCUT2D eigenvalue weighted by Gasteiger charge is 2.46. The molecule has 1 atom stereocenters. The zero-order valence-corrected chi connectivity index (χ0v) is 20.9. The van der Waals surface area contributed by atoms with E-state index in [4.69, 9.17) is 9.15 Å². The summed E-state index contributed by atoms with van der Waals surface area (Å²) in [5, 5.41) is 11.0. The molecule has 3 aromatic rings. The Morgan fingerprint density at radius 1 is 1.20 bits per heavy atom. The fraction of sp³-hybridized carbons (Fsp3) is 0.308. The fourth-order valence-corrected chi connectivity index (χ4v) is 4.91. The van der Waals surface area contributed by atoms with Crippen LogP contribution in [-0.4, -0.2) is 34.4 Å². The summed E-state index contributed by atoms with van der Waals surface area (Å²) in [4.78, 5) is 44.9. The first-order valence-electron chi connectivity index (χ1n) is 11.1. The molecule has 0 saturated carbocycles. The number of aryl methyl sites for hydroxylation is 1. The van der Waals surface area contributed by atoms with Gasteiger partial charge in [0, 0.05) is 0 Å². The van der Waals surface area contributed by atoms with Crippen LogP contribution in [-0.2, 0) is 14.9 Å². The van der Waals surface area contributed by atoms with Gasteiger partial charge in [-0.25, -0.2) is 9.78 Å². The molecule has 1 aliphatic heterocycles. The Morgan fingerprint density at radius 3 is 2.46 bits per heavy atom. The summed E-state index contributed by atoms with van der Waals surface area (Å²) in [5.74, 6) is -2.61. The number of carbonyl (C=O) groups is 3. The van der Waals surface area contributed by atoms with E-state index in [9.17, 15) is 19.5 Å². The molecule has 182 valence electrons. The van der Waals surface area contributed by atoms with E-state index >= 15 is 0 Å². The van der Waals surface area contributed by atoms with E-state index in [1.165, 1.54) is 17.2 Å². The summed E-state index contributed by atoms with van der Waals surface area (Å²) >= 11 is 0.975. The molecular weight excluding hydrogens is 468 g/mol. The standard InChI is InChI=1S/C26H26N2O6S/c1-6-33-24(32)22-14(2)27-25(35-22)28-19(15-9-11-16(12-10-15)26(3,4)5)18(21(30)23(28)31)20(29)17-8-7-13-34-17/h7-13,19,30H,6H2,1-5H3/t19-/m1/s1. The van der Waals surface area contributed by atoms with Gasteiger partial charge in [0.05, 0.1) is 30.2 Å². The number of esters is 1. The third-order valence-corrected chi connectivity index (χ3v) is 6.88. The molecule has 1 N–H and O–H groups in total. The van der Waals surface area contributed by atoms with Crippen molar-refractivity contribution in [1.82, 2.24) is 4.98 Å². The summed E-state index contributed by atoms with van der Waals surface area (Å²) in [6.07, 6.45) is 1.35. The van der Waals surface area contributed by atoms with Crippen LogP contribution in [0.1, 0.15) is 70.8 Å². The lowest BCUT2D eigenvalue weighted by molar-refractivity contribution is -0.117. The Labute approximate surface area is 206 Å². The maximum atomic E-state index is 13.3. The number of Topliss-reactive ketones (excluding diaryl/α,β-unsaturated/α-hetero) is 1. The van der Waals surface area contributed by atoms with Crippen LogP contribution in [0.25, 0.3) is 0 Å². The van der Waals surface area contributed by atoms with E-state index in [0.717, 1.165) is 16.9 Å². The largest absolute Gasteiger partial charge is 0.503 e. The summed E-state index contributed by atoms with van der Waals surface area (Å²) in [7, 11) is 0. The summed E-state index contributed by atoms with van der Waals surface area (Å²) < 4.78 is 10.4. The molecule has 0 radical (unpaired) electrons. The summed E-state index contributed by atoms with van der Waals surface area (Å²) in [6.45, 7) is 9.79. The number of aliphatic hydroxyl groups excluding tert-OH is 1. The van der Waals surface area contributed by atoms with Gasteiger partial charge < -0.3 is 14.3 Å². The van der Waals surface area contributed by atoms with E-state index in [1.807, 2.05) is 24.3 Å². The number of hydrogen-bond acceptors (Lipinski definition) is 8. The van der Waals surface area contributed by atoms with Crippen LogP contribution < -0.4 is 4.90 Å². The smallest absolute Gasteiger partial charge is 0.350 e. The van der Waals surface area contributed by atoms with Crippen LogP contribution >= 0.6 is 11.3 Å². The molecule has 0 spiro atoms. The number of nitrogens with zero attached hydrogens (tertiary/aromatic N) is 2. The van der Waals surface area contributed by atoms with Crippen molar-refractivity contribution in [2.24, 2.45) is 0 Å². The second kappa shape index (κ2) is 9.14. The Hall–Kier alpha value is -3.72. The number of furan rings is 1. The van der Waals surface area contributed by atoms with Crippen molar-refractivity contribution >= 4 is 34.1 Å². The van der Waals surface area contributed by atoms with Gasteiger partial charge in [-0.3, -0.25) is 14.5 Å². The van der Waals surface area contributed by atoms with Crippen molar-refractivity contribution in [1.29, 1.82) is 0 Å². The van der Waals surface area contributed by atoms with Crippen molar-refractivity contribution in [3.05, 3.63) is 81.5 Å². The monoisotopic (exact) mass is 494 g/mol. The second-order valence-corrected chi connectivity index (χ2v) is 10.1. The number of benzene rings is 1. The maximum absolute atomic E-state index is 13.3. The first kappa shape index (κ1) is 24.4. The minimum Gasteiger partial charge on any atom is -0.503 e. The van der Waals surface area contributed by atoms with Gasteiger partial charge in [0.1, 0.15) is 4.88 Å². The Morgan fingerprint density at radius 2 is 1.89 bits per heavy atom. The molecule has 3 heterocycles. The van der Waals surface area contributed by atoms with Crippen LogP contribution in [0, 0.1) is 6.92 Å². The predicted molar refractivity (Wildman–Crippen MR) is 131 cm³/mol. The van der Waals surface area contributed by atoms with Crippen molar-refractivity contribution in [3.63, 3.8) is 0 Å². The molecule has 0 unspecified atom stereocenters. The van der Waals surface area contributed by atoms with Crippen LogP contribution in [0.3, 0.4) is 0 Å². The van der Waals surface area contributed by atoms with Crippen LogP contribution in [0.5, 0.6) is 0 Å². The van der Waals surface area contributed by atoms with Gasteiger partial charge in [-0.1, -0.05) is 56.4 Å². The Bertz CT molecular complexity index is 1310. The predicted octanol–water partition coefficient (Wildman–Crippen LogP) is 5.30. The molecule has 0 saturated heterocycles. The number of hydrogen-bond donors (Lipinski definition) is 1. The van der Waals surface area contributed by atoms with E-state index < -0.39 is 29.5 Å². The maximum Gasteiger partial charge on any atom is 0.350 e. The molecule has 0 fully saturated rings. The van der Waals surface area contributed by atoms with Gasteiger partial charge in [-0.2, -0.15) is 0 Å². The SMILES string of the molecule is CCOC(=O)c1sc(N2C(=O)C(O)=C(C(=O)c3ccco3)[C@H]2c2ccc(C(C)(C)C)cc2)nc1C. The topological polar surface area (TPSA) is 110 Å². The molecule has 0 bridgehead atoms. The number of thiazole rings is 1. The number of rotatable bonds is 6. The molecule has 9 heteroatoms. The van der Waals surface area contributed by atoms with E-state index in [0.29, 0.717) is 11.3 Å². The van der Waals surface area contributed by atoms with Crippen molar-refractivity contribution in [2.75, 3.05) is 11.5 Å². The quantitative estimate of drug-likeness (QED) is 0.366. The van der Waals surface area contributed by atoms with Crippen molar-refractivity contribution in [2.45, 2.75) is 46.1 Å². The molecule has 1 amide bonds. The third kappa shape index (κ3) is 4.39. The highest BCUT2D eigenvalue weighted by molar-refractivity contribution is 7.17. The molecule has 8 nitrogen and oxygen atoms in total. The third-order valence-electron chi connectivity index (χ3n) is 5.74. The lowest BCUT2D eigenvalue weighted by atomic mass is 9.85. The average Bonchev–Trinajstić information content (AvgIpc) is 3.52. The first-order valence-corrected chi connectivity index (χ1v) is 12.0. The van der Waals surface area contributed by atoms with E-state index in [1.54, 1.807) is 19.9 Å². The van der Waals surface area contributed by atoms with Gasteiger partial charge in [0.15, 0.2) is 16.7 Å². The number of anilines is 1. The van der Waals surface area contributed by atoms with Crippen LogP contribution in [0.2, 0.25) is 0 Å². The number of ether oxygens (including phenoxy) is 1. The Balaban J connectivity index is 1.85. The summed E-state index contributed by atoms with van der Waals surface area (Å²) in [5.41, 5.74) is 1.85. The van der Waals surface area contributed by atoms with Crippen LogP contribution in [0.4, 0.5) is 5.13 Å². The van der Waals surface area contributed by atoms with Crippen LogP contribution in [0.15, 0.2) is 58.4 Å². The van der Waals surface area contributed by atoms with Crippen molar-refractivity contribution < 1.29 is 28.6 Å². The molecule has 35 heavy (non-hydrogen) atoms. The molecule has 1 aromatic carbocycles. The highest BCUT2D eigenvalue weighted by Crippen LogP contribution is 2.44. The van der Waals surface area contributed by atoms with Crippen molar-refractivity contribution in [3.8, 4) is 0 Å². The number of ketones is 1. The average molecular weight is 495 g/mol. The van der Waals surface area contributed by atoms with Gasteiger partial charge in [-0.15, -0.1) is 0 Å². The molecule has 2 aromatic heterocycles. The number of amides is 1. The Kier molecular flexibility index (Phi) is 6.38. The van der Waals surface area contributed by atoms with Gasteiger partial charge >= 0.3 is 5.97 Å². The first-order chi connectivity index (χ1) is 16.5. The summed E-state index contributed by atoms with van der Waals surface area (Å²) in [6, 6.07) is 9.58. The normalized spacial score (nSPS) is 16.2. The van der Waals surface area contributed by atoms with Gasteiger partial charge in [0.25, 0.3) is 5.91 Å². The van der Waals surface area contributed by atoms with Gasteiger partial charge in [0.2, 0.25) is 5.78 Å². The van der Waals surface area contributed by atoms with E-state index in [2.05, 4.69) is 25.8 Å². The minimum absolute atomic E-state index is 0.0000404.